The Bertz CT molecular complexity index is 686. The minimum atomic E-state index is 0.0916. The van der Waals surface area contributed by atoms with Crippen molar-refractivity contribution in [2.24, 2.45) is 12.0 Å². The highest BCUT2D eigenvalue weighted by molar-refractivity contribution is 5.98. The summed E-state index contributed by atoms with van der Waals surface area (Å²) in [6.07, 6.45) is 9.95. The Kier molecular flexibility index (Phi) is 7.91. The monoisotopic (exact) mass is 403 g/mol. The number of likely N-dealkylation sites (tertiary alicyclic amines) is 1. The quantitative estimate of drug-likeness (QED) is 0.426. The largest absolute Gasteiger partial charge is 0.357 e. The number of guanidine groups is 1. The fourth-order valence-electron chi connectivity index (χ4n) is 4.20. The fourth-order valence-corrected chi connectivity index (χ4v) is 4.20. The van der Waals surface area contributed by atoms with Gasteiger partial charge < -0.3 is 20.0 Å². The summed E-state index contributed by atoms with van der Waals surface area (Å²) in [5.74, 6) is 0.951. The van der Waals surface area contributed by atoms with Crippen LogP contribution in [0.5, 0.6) is 0 Å². The van der Waals surface area contributed by atoms with E-state index in [1.165, 1.54) is 38.8 Å². The van der Waals surface area contributed by atoms with Crippen molar-refractivity contribution >= 4 is 17.6 Å². The van der Waals surface area contributed by atoms with Gasteiger partial charge in [0.15, 0.2) is 5.96 Å². The SMILES string of the molecule is CCNC(=NCCCCN1CCCCC1C)N1CCN(c2cnn(C)c2)C(=O)C1. The molecule has 3 heterocycles. The molecule has 0 aliphatic carbocycles. The van der Waals surface area contributed by atoms with Crippen LogP contribution in [-0.2, 0) is 11.8 Å². The van der Waals surface area contributed by atoms with E-state index in [2.05, 4.69) is 34.1 Å². The predicted molar refractivity (Wildman–Crippen MR) is 117 cm³/mol. The Morgan fingerprint density at radius 1 is 1.28 bits per heavy atom. The number of aromatic nitrogens is 2. The number of rotatable bonds is 7. The highest BCUT2D eigenvalue weighted by Crippen LogP contribution is 2.17. The van der Waals surface area contributed by atoms with E-state index in [-0.39, 0.29) is 5.91 Å². The molecule has 8 heteroatoms. The average Bonchev–Trinajstić information content (AvgIpc) is 3.14. The normalized spacial score (nSPS) is 21.7. The molecule has 2 fully saturated rings. The summed E-state index contributed by atoms with van der Waals surface area (Å²) in [6.45, 7) is 10.2. The summed E-state index contributed by atoms with van der Waals surface area (Å²) >= 11 is 0. The fraction of sp³-hybridized carbons (Fsp3) is 0.762. The van der Waals surface area contributed by atoms with Gasteiger partial charge in [0.05, 0.1) is 11.9 Å². The number of hydrogen-bond acceptors (Lipinski definition) is 4. The molecule has 0 saturated carbocycles. The molecule has 1 aromatic rings. The van der Waals surface area contributed by atoms with Gasteiger partial charge >= 0.3 is 0 Å². The molecular weight excluding hydrogens is 366 g/mol. The molecule has 0 bridgehead atoms. The topological polar surface area (TPSA) is 69.0 Å². The van der Waals surface area contributed by atoms with E-state index in [0.717, 1.165) is 43.7 Å². The summed E-state index contributed by atoms with van der Waals surface area (Å²) in [4.78, 5) is 24.0. The van der Waals surface area contributed by atoms with Crippen molar-refractivity contribution in [3.05, 3.63) is 12.4 Å². The Hall–Kier alpha value is -2.09. The summed E-state index contributed by atoms with van der Waals surface area (Å²) in [5, 5.41) is 7.53. The zero-order valence-corrected chi connectivity index (χ0v) is 18.3. The van der Waals surface area contributed by atoms with Gasteiger partial charge in [-0.3, -0.25) is 14.5 Å². The van der Waals surface area contributed by atoms with E-state index in [0.29, 0.717) is 13.1 Å². The first kappa shape index (κ1) is 21.6. The van der Waals surface area contributed by atoms with Crippen LogP contribution in [0, 0.1) is 0 Å². The van der Waals surface area contributed by atoms with Crippen LogP contribution in [0.25, 0.3) is 0 Å². The Morgan fingerprint density at radius 3 is 2.83 bits per heavy atom. The lowest BCUT2D eigenvalue weighted by atomic mass is 10.0. The van der Waals surface area contributed by atoms with Crippen LogP contribution in [0.4, 0.5) is 5.69 Å². The molecule has 2 aliphatic rings. The summed E-state index contributed by atoms with van der Waals surface area (Å²) in [5.41, 5.74) is 0.867. The molecule has 8 nitrogen and oxygen atoms in total. The van der Waals surface area contributed by atoms with Gasteiger partial charge in [-0.2, -0.15) is 5.10 Å². The molecule has 29 heavy (non-hydrogen) atoms. The maximum Gasteiger partial charge on any atom is 0.246 e. The second kappa shape index (κ2) is 10.6. The number of hydrogen-bond donors (Lipinski definition) is 1. The standard InChI is InChI=1S/C21H37N7O/c1-4-22-21(23-10-6-8-12-26-11-7-5-9-18(26)2)27-13-14-28(20(29)17-27)19-15-24-25(3)16-19/h15-16,18H,4-14,17H2,1-3H3,(H,22,23). The number of aliphatic imine (C=N–C) groups is 1. The van der Waals surface area contributed by atoms with Crippen LogP contribution in [0.3, 0.4) is 0 Å². The molecule has 1 unspecified atom stereocenters. The van der Waals surface area contributed by atoms with Gasteiger partial charge in [-0.15, -0.1) is 0 Å². The van der Waals surface area contributed by atoms with E-state index in [4.69, 9.17) is 4.99 Å². The van der Waals surface area contributed by atoms with Gasteiger partial charge in [0, 0.05) is 45.5 Å². The highest BCUT2D eigenvalue weighted by atomic mass is 16.2. The molecule has 162 valence electrons. The number of piperazine rings is 1. The molecule has 2 aliphatic heterocycles. The van der Waals surface area contributed by atoms with Crippen molar-refractivity contribution in [1.82, 2.24) is 24.9 Å². The molecule has 1 N–H and O–H groups in total. The Labute approximate surface area is 174 Å². The summed E-state index contributed by atoms with van der Waals surface area (Å²) < 4.78 is 1.73. The molecule has 3 rings (SSSR count). The van der Waals surface area contributed by atoms with E-state index in [1.807, 2.05) is 18.1 Å². The first-order valence-electron chi connectivity index (χ1n) is 11.1. The third-order valence-electron chi connectivity index (χ3n) is 5.91. The second-order valence-corrected chi connectivity index (χ2v) is 8.16. The number of piperidine rings is 1. The maximum absolute atomic E-state index is 12.7. The maximum atomic E-state index is 12.7. The lowest BCUT2D eigenvalue weighted by molar-refractivity contribution is -0.120. The number of carbonyl (C=O) groups excluding carboxylic acids is 1. The predicted octanol–water partition coefficient (Wildman–Crippen LogP) is 1.69. The van der Waals surface area contributed by atoms with E-state index in [1.54, 1.807) is 10.9 Å². The van der Waals surface area contributed by atoms with Crippen molar-refractivity contribution in [2.45, 2.75) is 52.0 Å². The van der Waals surface area contributed by atoms with Gasteiger partial charge in [-0.05, 0) is 52.6 Å². The highest BCUT2D eigenvalue weighted by Gasteiger charge is 2.27. The summed E-state index contributed by atoms with van der Waals surface area (Å²) in [7, 11) is 1.87. The number of anilines is 1. The number of carbonyl (C=O) groups is 1. The molecule has 0 aromatic carbocycles. The lowest BCUT2D eigenvalue weighted by Crippen LogP contribution is -2.55. The lowest BCUT2D eigenvalue weighted by Gasteiger charge is -2.35. The Morgan fingerprint density at radius 2 is 2.14 bits per heavy atom. The van der Waals surface area contributed by atoms with Crippen molar-refractivity contribution < 1.29 is 4.79 Å². The second-order valence-electron chi connectivity index (χ2n) is 8.16. The van der Waals surface area contributed by atoms with Crippen LogP contribution in [-0.4, -0.2) is 83.3 Å². The van der Waals surface area contributed by atoms with Gasteiger partial charge in [-0.1, -0.05) is 6.42 Å². The van der Waals surface area contributed by atoms with E-state index < -0.39 is 0 Å². The van der Waals surface area contributed by atoms with E-state index in [9.17, 15) is 4.79 Å². The molecule has 2 saturated heterocycles. The molecule has 0 radical (unpaired) electrons. The number of nitrogens with one attached hydrogen (secondary N) is 1. The van der Waals surface area contributed by atoms with Crippen molar-refractivity contribution in [1.29, 1.82) is 0 Å². The van der Waals surface area contributed by atoms with Crippen LogP contribution >= 0.6 is 0 Å². The van der Waals surface area contributed by atoms with Crippen LogP contribution < -0.4 is 10.2 Å². The smallest absolute Gasteiger partial charge is 0.246 e. The minimum Gasteiger partial charge on any atom is -0.357 e. The van der Waals surface area contributed by atoms with Crippen LogP contribution in [0.2, 0.25) is 0 Å². The van der Waals surface area contributed by atoms with Gasteiger partial charge in [0.1, 0.15) is 6.54 Å². The first-order valence-corrected chi connectivity index (χ1v) is 11.1. The number of aryl methyl sites for hydroxylation is 1. The van der Waals surface area contributed by atoms with Crippen LogP contribution in [0.15, 0.2) is 17.4 Å². The molecule has 0 spiro atoms. The van der Waals surface area contributed by atoms with Crippen molar-refractivity contribution in [3.63, 3.8) is 0 Å². The molecule has 1 amide bonds. The Balaban J connectivity index is 1.47. The van der Waals surface area contributed by atoms with Crippen molar-refractivity contribution in [3.8, 4) is 0 Å². The third-order valence-corrected chi connectivity index (χ3v) is 5.91. The van der Waals surface area contributed by atoms with Crippen molar-refractivity contribution in [2.75, 3.05) is 50.7 Å². The number of nitrogens with zero attached hydrogens (tertiary/aromatic N) is 6. The third kappa shape index (κ3) is 5.95. The molecule has 1 aromatic heterocycles. The average molecular weight is 404 g/mol. The molecule has 1 atom stereocenters. The van der Waals surface area contributed by atoms with Gasteiger partial charge in [-0.25, -0.2) is 0 Å². The van der Waals surface area contributed by atoms with E-state index >= 15 is 0 Å². The number of amides is 1. The first-order chi connectivity index (χ1) is 14.1. The summed E-state index contributed by atoms with van der Waals surface area (Å²) in [6, 6.07) is 0.728. The minimum absolute atomic E-state index is 0.0916. The number of unbranched alkanes of at least 4 members (excludes halogenated alkanes) is 1. The zero-order valence-electron chi connectivity index (χ0n) is 18.3. The zero-order chi connectivity index (χ0) is 20.6. The van der Waals surface area contributed by atoms with Gasteiger partial charge in [0.25, 0.3) is 0 Å². The van der Waals surface area contributed by atoms with Crippen LogP contribution in [0.1, 0.15) is 46.0 Å². The molecular formula is C21H37N7O. The van der Waals surface area contributed by atoms with Gasteiger partial charge in [0.2, 0.25) is 5.91 Å².